The van der Waals surface area contributed by atoms with Crippen molar-refractivity contribution >= 4 is 5.91 Å². The van der Waals surface area contributed by atoms with E-state index in [2.05, 4.69) is 5.32 Å². The number of ether oxygens (including phenoxy) is 1. The van der Waals surface area contributed by atoms with Gasteiger partial charge in [0.15, 0.2) is 0 Å². The average molecular weight is 294 g/mol. The molecule has 0 saturated carbocycles. The van der Waals surface area contributed by atoms with Crippen LogP contribution in [0, 0.1) is 5.82 Å². The summed E-state index contributed by atoms with van der Waals surface area (Å²) in [5.41, 5.74) is 0.505. The molecule has 1 heterocycles. The molecule has 0 aromatic heterocycles. The van der Waals surface area contributed by atoms with Gasteiger partial charge in [-0.3, -0.25) is 10.1 Å². The van der Waals surface area contributed by atoms with Crippen molar-refractivity contribution in [3.8, 4) is 0 Å². The molecular formula is C16H23FN2O2. The number of halogens is 1. The van der Waals surface area contributed by atoms with Crippen LogP contribution in [0.5, 0.6) is 0 Å². The van der Waals surface area contributed by atoms with E-state index in [0.29, 0.717) is 25.2 Å². The third kappa shape index (κ3) is 3.24. The molecular weight excluding hydrogens is 271 g/mol. The van der Waals surface area contributed by atoms with Gasteiger partial charge in [0.1, 0.15) is 12.0 Å². The predicted octanol–water partition coefficient (Wildman–Crippen LogP) is 2.46. The van der Waals surface area contributed by atoms with Crippen LogP contribution in [0.15, 0.2) is 24.3 Å². The topological polar surface area (TPSA) is 41.6 Å². The van der Waals surface area contributed by atoms with Gasteiger partial charge in [0.05, 0.1) is 18.7 Å². The van der Waals surface area contributed by atoms with Crippen molar-refractivity contribution < 1.29 is 13.9 Å². The van der Waals surface area contributed by atoms with Crippen LogP contribution in [0.2, 0.25) is 0 Å². The standard InChI is InChI=1S/C16H23FN2O2/c1-4-14-16(20)19(11(3)10-21-5-2)15(18-14)12-8-6-7-9-13(12)17/h6-9,11,14-15,18H,4-5,10H2,1-3H3. The SMILES string of the molecule is CCOCC(C)N1C(=O)C(CC)NC1c1ccccc1F. The van der Waals surface area contributed by atoms with Crippen LogP contribution in [0.25, 0.3) is 0 Å². The molecule has 3 atom stereocenters. The van der Waals surface area contributed by atoms with Crippen molar-refractivity contribution in [1.82, 2.24) is 10.2 Å². The molecule has 116 valence electrons. The Hall–Kier alpha value is -1.46. The lowest BCUT2D eigenvalue weighted by Gasteiger charge is -2.30. The van der Waals surface area contributed by atoms with Crippen LogP contribution in [0.3, 0.4) is 0 Å². The Kier molecular flexibility index (Phi) is 5.31. The van der Waals surface area contributed by atoms with Crippen LogP contribution >= 0.6 is 0 Å². The molecule has 1 aromatic carbocycles. The van der Waals surface area contributed by atoms with Gasteiger partial charge in [0.25, 0.3) is 0 Å². The number of benzene rings is 1. The number of carbonyl (C=O) groups excluding carboxylic acids is 1. The zero-order valence-corrected chi connectivity index (χ0v) is 12.8. The minimum absolute atomic E-state index is 0.0120. The fourth-order valence-corrected chi connectivity index (χ4v) is 2.72. The molecule has 0 spiro atoms. The molecule has 1 saturated heterocycles. The summed E-state index contributed by atoms with van der Waals surface area (Å²) >= 11 is 0. The van der Waals surface area contributed by atoms with E-state index in [9.17, 15) is 9.18 Å². The summed E-state index contributed by atoms with van der Waals surface area (Å²) < 4.78 is 19.5. The number of rotatable bonds is 6. The van der Waals surface area contributed by atoms with Crippen molar-refractivity contribution in [1.29, 1.82) is 0 Å². The Labute approximate surface area is 125 Å². The normalized spacial score (nSPS) is 23.6. The number of carbonyl (C=O) groups is 1. The maximum Gasteiger partial charge on any atom is 0.241 e. The third-order valence-electron chi connectivity index (χ3n) is 3.84. The fraction of sp³-hybridized carbons (Fsp3) is 0.562. The maximum atomic E-state index is 14.1. The molecule has 21 heavy (non-hydrogen) atoms. The van der Waals surface area contributed by atoms with E-state index >= 15 is 0 Å². The zero-order valence-electron chi connectivity index (χ0n) is 12.8. The highest BCUT2D eigenvalue weighted by Gasteiger charge is 2.41. The van der Waals surface area contributed by atoms with Gasteiger partial charge in [-0.1, -0.05) is 25.1 Å². The van der Waals surface area contributed by atoms with E-state index in [1.54, 1.807) is 23.1 Å². The van der Waals surface area contributed by atoms with Crippen LogP contribution in [0.1, 0.15) is 38.9 Å². The molecule has 0 bridgehead atoms. The Morgan fingerprint density at radius 3 is 2.71 bits per heavy atom. The molecule has 4 nitrogen and oxygen atoms in total. The van der Waals surface area contributed by atoms with Crippen LogP contribution < -0.4 is 5.32 Å². The Bertz CT molecular complexity index is 495. The number of hydrogen-bond donors (Lipinski definition) is 1. The minimum atomic E-state index is -0.431. The first-order chi connectivity index (χ1) is 10.1. The number of nitrogens with one attached hydrogen (secondary N) is 1. The highest BCUT2D eigenvalue weighted by molar-refractivity contribution is 5.84. The first kappa shape index (κ1) is 15.9. The predicted molar refractivity (Wildman–Crippen MR) is 79.2 cm³/mol. The van der Waals surface area contributed by atoms with Gasteiger partial charge in [-0.25, -0.2) is 4.39 Å². The summed E-state index contributed by atoms with van der Waals surface area (Å²) in [4.78, 5) is 14.2. The number of nitrogens with zero attached hydrogens (tertiary/aromatic N) is 1. The molecule has 1 aromatic rings. The summed E-state index contributed by atoms with van der Waals surface area (Å²) in [6.45, 7) is 6.85. The Morgan fingerprint density at radius 1 is 1.38 bits per heavy atom. The van der Waals surface area contributed by atoms with Crippen molar-refractivity contribution in [2.75, 3.05) is 13.2 Å². The van der Waals surface area contributed by atoms with Crippen LogP contribution in [-0.4, -0.2) is 36.1 Å². The lowest BCUT2D eigenvalue weighted by molar-refractivity contribution is -0.133. The number of amides is 1. The number of hydrogen-bond acceptors (Lipinski definition) is 3. The Balaban J connectivity index is 2.28. The minimum Gasteiger partial charge on any atom is -0.380 e. The van der Waals surface area contributed by atoms with Gasteiger partial charge in [0, 0.05) is 12.2 Å². The summed E-state index contributed by atoms with van der Waals surface area (Å²) in [5.74, 6) is -0.286. The van der Waals surface area contributed by atoms with Gasteiger partial charge < -0.3 is 9.64 Å². The molecule has 5 heteroatoms. The van der Waals surface area contributed by atoms with Gasteiger partial charge >= 0.3 is 0 Å². The summed E-state index contributed by atoms with van der Waals surface area (Å²) in [7, 11) is 0. The van der Waals surface area contributed by atoms with Crippen LogP contribution in [-0.2, 0) is 9.53 Å². The van der Waals surface area contributed by atoms with E-state index in [4.69, 9.17) is 4.74 Å². The second-order valence-corrected chi connectivity index (χ2v) is 5.31. The van der Waals surface area contributed by atoms with Gasteiger partial charge in [-0.2, -0.15) is 0 Å². The molecule has 0 radical (unpaired) electrons. The zero-order chi connectivity index (χ0) is 15.4. The molecule has 1 amide bonds. The first-order valence-electron chi connectivity index (χ1n) is 7.50. The largest absolute Gasteiger partial charge is 0.380 e. The molecule has 1 aliphatic heterocycles. The summed E-state index contributed by atoms with van der Waals surface area (Å²) in [6, 6.07) is 6.21. The Morgan fingerprint density at radius 2 is 2.10 bits per heavy atom. The second kappa shape index (κ2) is 7.00. The average Bonchev–Trinajstić information content (AvgIpc) is 2.82. The molecule has 3 unspecified atom stereocenters. The smallest absolute Gasteiger partial charge is 0.241 e. The summed E-state index contributed by atoms with van der Waals surface area (Å²) in [6.07, 6.45) is 0.251. The fourth-order valence-electron chi connectivity index (χ4n) is 2.72. The van der Waals surface area contributed by atoms with Crippen LogP contribution in [0.4, 0.5) is 4.39 Å². The van der Waals surface area contributed by atoms with E-state index in [1.807, 2.05) is 20.8 Å². The lowest BCUT2D eigenvalue weighted by atomic mass is 10.1. The molecule has 1 fully saturated rings. The van der Waals surface area contributed by atoms with Gasteiger partial charge in [0.2, 0.25) is 5.91 Å². The van der Waals surface area contributed by atoms with Gasteiger partial charge in [-0.15, -0.1) is 0 Å². The van der Waals surface area contributed by atoms with Crippen molar-refractivity contribution in [2.45, 2.75) is 45.4 Å². The highest BCUT2D eigenvalue weighted by Crippen LogP contribution is 2.30. The van der Waals surface area contributed by atoms with Crippen molar-refractivity contribution in [3.63, 3.8) is 0 Å². The van der Waals surface area contributed by atoms with Crippen molar-refractivity contribution in [3.05, 3.63) is 35.6 Å². The van der Waals surface area contributed by atoms with E-state index in [0.717, 1.165) is 0 Å². The highest BCUT2D eigenvalue weighted by atomic mass is 19.1. The molecule has 1 N–H and O–H groups in total. The molecule has 1 aliphatic rings. The van der Waals surface area contributed by atoms with E-state index in [1.165, 1.54) is 6.07 Å². The first-order valence-corrected chi connectivity index (χ1v) is 7.50. The summed E-state index contributed by atoms with van der Waals surface area (Å²) in [5, 5.41) is 3.24. The maximum absolute atomic E-state index is 14.1. The quantitative estimate of drug-likeness (QED) is 0.876. The van der Waals surface area contributed by atoms with E-state index in [-0.39, 0.29) is 23.8 Å². The second-order valence-electron chi connectivity index (χ2n) is 5.31. The third-order valence-corrected chi connectivity index (χ3v) is 3.84. The molecule has 0 aliphatic carbocycles. The lowest BCUT2D eigenvalue weighted by Crippen LogP contribution is -2.41. The van der Waals surface area contributed by atoms with Gasteiger partial charge in [-0.05, 0) is 26.3 Å². The monoisotopic (exact) mass is 294 g/mol. The van der Waals surface area contributed by atoms with E-state index < -0.39 is 6.17 Å². The van der Waals surface area contributed by atoms with Crippen molar-refractivity contribution in [2.24, 2.45) is 0 Å². The molecule has 2 rings (SSSR count).